The summed E-state index contributed by atoms with van der Waals surface area (Å²) in [4.78, 5) is 11.0. The van der Waals surface area contributed by atoms with Gasteiger partial charge in [0.25, 0.3) is 0 Å². The van der Waals surface area contributed by atoms with Crippen LogP contribution in [0, 0.1) is 6.92 Å². The Morgan fingerprint density at radius 3 is 2.89 bits per heavy atom. The van der Waals surface area contributed by atoms with E-state index in [0.717, 1.165) is 29.0 Å². The highest BCUT2D eigenvalue weighted by Gasteiger charge is 2.18. The van der Waals surface area contributed by atoms with E-state index >= 15 is 0 Å². The third-order valence-corrected chi connectivity index (χ3v) is 3.36. The van der Waals surface area contributed by atoms with Crippen LogP contribution in [0.1, 0.15) is 21.6 Å². The molecule has 0 saturated heterocycles. The molecule has 0 amide bonds. The second kappa shape index (κ2) is 4.12. The number of aromatic nitrogens is 2. The van der Waals surface area contributed by atoms with Gasteiger partial charge in [0, 0.05) is 19.0 Å². The van der Waals surface area contributed by atoms with Gasteiger partial charge in [-0.15, -0.1) is 0 Å². The summed E-state index contributed by atoms with van der Waals surface area (Å²) in [6.07, 6.45) is 0.896. The van der Waals surface area contributed by atoms with Gasteiger partial charge in [0.2, 0.25) is 0 Å². The van der Waals surface area contributed by atoms with Crippen LogP contribution in [-0.4, -0.2) is 27.5 Å². The molecule has 3 rings (SSSR count). The highest BCUT2D eigenvalue weighted by atomic mass is 16.5. The fourth-order valence-electron chi connectivity index (χ4n) is 2.49. The van der Waals surface area contributed by atoms with Crippen molar-refractivity contribution in [2.45, 2.75) is 13.3 Å². The van der Waals surface area contributed by atoms with Gasteiger partial charge in [-0.05, 0) is 36.2 Å². The van der Waals surface area contributed by atoms with Crippen LogP contribution in [0.2, 0.25) is 0 Å². The van der Waals surface area contributed by atoms with Crippen molar-refractivity contribution in [1.82, 2.24) is 9.78 Å². The normalized spacial score (nSPS) is 13.2. The molecule has 19 heavy (non-hydrogen) atoms. The summed E-state index contributed by atoms with van der Waals surface area (Å²) in [6.45, 7) is 2.72. The highest BCUT2D eigenvalue weighted by molar-refractivity contribution is 5.87. The lowest BCUT2D eigenvalue weighted by Crippen LogP contribution is -1.99. The first-order valence-electron chi connectivity index (χ1n) is 6.10. The van der Waals surface area contributed by atoms with Gasteiger partial charge < -0.3 is 9.84 Å². The Morgan fingerprint density at radius 1 is 1.42 bits per heavy atom. The molecule has 1 N–H and O–H groups in total. The Bertz CT molecular complexity index is 674. The molecule has 0 spiro atoms. The number of rotatable bonds is 2. The van der Waals surface area contributed by atoms with Crippen molar-refractivity contribution in [3.05, 3.63) is 35.0 Å². The van der Waals surface area contributed by atoms with Crippen molar-refractivity contribution in [2.75, 3.05) is 6.61 Å². The summed E-state index contributed by atoms with van der Waals surface area (Å²) < 4.78 is 7.17. The van der Waals surface area contributed by atoms with Crippen LogP contribution in [0.5, 0.6) is 5.75 Å². The number of ether oxygens (including phenoxy) is 1. The molecule has 5 nitrogen and oxygen atoms in total. The molecule has 2 aromatic rings. The SMILES string of the molecule is Cc1cc(-c2cc(C(=O)O)nn2C)cc2c1OCC2. The van der Waals surface area contributed by atoms with Crippen LogP contribution >= 0.6 is 0 Å². The van der Waals surface area contributed by atoms with Crippen molar-refractivity contribution >= 4 is 5.97 Å². The zero-order chi connectivity index (χ0) is 13.6. The maximum Gasteiger partial charge on any atom is 0.356 e. The lowest BCUT2D eigenvalue weighted by molar-refractivity contribution is 0.0689. The molecular weight excluding hydrogens is 244 g/mol. The number of hydrogen-bond acceptors (Lipinski definition) is 3. The summed E-state index contributed by atoms with van der Waals surface area (Å²) >= 11 is 0. The fraction of sp³-hybridized carbons (Fsp3) is 0.286. The van der Waals surface area contributed by atoms with Crippen LogP contribution in [0.3, 0.4) is 0 Å². The smallest absolute Gasteiger partial charge is 0.356 e. The second-order valence-electron chi connectivity index (χ2n) is 4.72. The van der Waals surface area contributed by atoms with Crippen LogP contribution in [-0.2, 0) is 13.5 Å². The van der Waals surface area contributed by atoms with Crippen molar-refractivity contribution in [2.24, 2.45) is 7.05 Å². The second-order valence-corrected chi connectivity index (χ2v) is 4.72. The first kappa shape index (κ1) is 11.8. The quantitative estimate of drug-likeness (QED) is 0.895. The van der Waals surface area contributed by atoms with Crippen molar-refractivity contribution in [3.63, 3.8) is 0 Å². The van der Waals surface area contributed by atoms with E-state index in [2.05, 4.69) is 11.2 Å². The maximum atomic E-state index is 11.0. The lowest BCUT2D eigenvalue weighted by atomic mass is 10.0. The summed E-state index contributed by atoms with van der Waals surface area (Å²) in [5.74, 6) is -0.0487. The number of fused-ring (bicyclic) bond motifs is 1. The van der Waals surface area contributed by atoms with E-state index in [1.165, 1.54) is 5.56 Å². The van der Waals surface area contributed by atoms with Gasteiger partial charge in [0.1, 0.15) is 5.75 Å². The molecule has 98 valence electrons. The Balaban J connectivity index is 2.12. The van der Waals surface area contributed by atoms with E-state index in [9.17, 15) is 4.79 Å². The molecule has 2 heterocycles. The zero-order valence-electron chi connectivity index (χ0n) is 10.8. The molecule has 0 saturated carbocycles. The van der Waals surface area contributed by atoms with Crippen LogP contribution in [0.25, 0.3) is 11.3 Å². The van der Waals surface area contributed by atoms with E-state index in [-0.39, 0.29) is 5.69 Å². The van der Waals surface area contributed by atoms with E-state index in [1.54, 1.807) is 17.8 Å². The minimum Gasteiger partial charge on any atom is -0.493 e. The minimum absolute atomic E-state index is 0.0619. The summed E-state index contributed by atoms with van der Waals surface area (Å²) in [5, 5.41) is 13.0. The Hall–Kier alpha value is -2.30. The molecule has 1 aliphatic heterocycles. The third kappa shape index (κ3) is 1.87. The number of carboxylic acids is 1. The molecule has 0 fully saturated rings. The molecule has 5 heteroatoms. The number of aromatic carboxylic acids is 1. The number of carboxylic acid groups (broad SMARTS) is 1. The molecule has 0 atom stereocenters. The number of nitrogens with zero attached hydrogens (tertiary/aromatic N) is 2. The maximum absolute atomic E-state index is 11.0. The molecule has 1 aromatic heterocycles. The molecule has 0 radical (unpaired) electrons. The van der Waals surface area contributed by atoms with Gasteiger partial charge in [-0.2, -0.15) is 5.10 Å². The Labute approximate surface area is 110 Å². The lowest BCUT2D eigenvalue weighted by Gasteiger charge is -2.08. The molecule has 1 aromatic carbocycles. The predicted molar refractivity (Wildman–Crippen MR) is 69.5 cm³/mol. The van der Waals surface area contributed by atoms with Gasteiger partial charge in [0.15, 0.2) is 5.69 Å². The minimum atomic E-state index is -1.01. The molecule has 1 aliphatic rings. The summed E-state index contributed by atoms with van der Waals surface area (Å²) in [6, 6.07) is 5.66. The molecular formula is C14H14N2O3. The van der Waals surface area contributed by atoms with E-state index in [0.29, 0.717) is 6.61 Å². The van der Waals surface area contributed by atoms with Crippen molar-refractivity contribution in [1.29, 1.82) is 0 Å². The zero-order valence-corrected chi connectivity index (χ0v) is 10.8. The summed E-state index contributed by atoms with van der Waals surface area (Å²) in [7, 11) is 1.75. The van der Waals surface area contributed by atoms with Gasteiger partial charge in [-0.25, -0.2) is 4.79 Å². The van der Waals surface area contributed by atoms with Gasteiger partial charge >= 0.3 is 5.97 Å². The molecule has 0 unspecified atom stereocenters. The number of hydrogen-bond donors (Lipinski definition) is 1. The van der Waals surface area contributed by atoms with Crippen LogP contribution in [0.4, 0.5) is 0 Å². The fourth-order valence-corrected chi connectivity index (χ4v) is 2.49. The third-order valence-electron chi connectivity index (χ3n) is 3.36. The standard InChI is InChI=1S/C14H14N2O3/c1-8-5-10(6-9-3-4-19-13(8)9)12-7-11(14(17)18)15-16(12)2/h5-7H,3-4H2,1-2H3,(H,17,18). The Kier molecular flexibility index (Phi) is 2.55. The van der Waals surface area contributed by atoms with E-state index in [1.807, 2.05) is 13.0 Å². The number of aryl methyl sites for hydroxylation is 2. The molecule has 0 bridgehead atoms. The predicted octanol–water partition coefficient (Wildman–Crippen LogP) is 2.03. The average molecular weight is 258 g/mol. The van der Waals surface area contributed by atoms with E-state index < -0.39 is 5.97 Å². The van der Waals surface area contributed by atoms with E-state index in [4.69, 9.17) is 9.84 Å². The number of carbonyl (C=O) groups is 1. The topological polar surface area (TPSA) is 64.3 Å². The average Bonchev–Trinajstić information content (AvgIpc) is 2.95. The van der Waals surface area contributed by atoms with Crippen LogP contribution < -0.4 is 4.74 Å². The monoisotopic (exact) mass is 258 g/mol. The van der Waals surface area contributed by atoms with Crippen LogP contribution in [0.15, 0.2) is 18.2 Å². The van der Waals surface area contributed by atoms with Crippen molar-refractivity contribution in [3.8, 4) is 17.0 Å². The van der Waals surface area contributed by atoms with Gasteiger partial charge in [-0.3, -0.25) is 4.68 Å². The van der Waals surface area contributed by atoms with Crippen molar-refractivity contribution < 1.29 is 14.6 Å². The highest BCUT2D eigenvalue weighted by Crippen LogP contribution is 2.34. The number of benzene rings is 1. The summed E-state index contributed by atoms with van der Waals surface area (Å²) in [5.41, 5.74) is 4.09. The first-order chi connectivity index (χ1) is 9.06. The van der Waals surface area contributed by atoms with Gasteiger partial charge in [-0.1, -0.05) is 0 Å². The molecule has 0 aliphatic carbocycles. The Morgan fingerprint density at radius 2 is 2.21 bits per heavy atom. The largest absolute Gasteiger partial charge is 0.493 e. The van der Waals surface area contributed by atoms with Gasteiger partial charge in [0.05, 0.1) is 12.3 Å². The first-order valence-corrected chi connectivity index (χ1v) is 6.10.